The summed E-state index contributed by atoms with van der Waals surface area (Å²) in [6.07, 6.45) is 3.74. The number of ether oxygens (including phenoxy) is 1. The number of rotatable bonds is 8. The monoisotopic (exact) mass is 1790 g/mol. The molecule has 22 heteroatoms. The highest BCUT2D eigenvalue weighted by Gasteiger charge is 2.34. The van der Waals surface area contributed by atoms with E-state index in [-0.39, 0.29) is 84.9 Å². The zero-order valence-electron chi connectivity index (χ0n) is 86.7. The lowest BCUT2D eigenvalue weighted by Crippen LogP contribution is -2.49. The van der Waals surface area contributed by atoms with Crippen molar-refractivity contribution in [1.29, 1.82) is 0 Å². The van der Waals surface area contributed by atoms with E-state index in [2.05, 4.69) is 70.5 Å². The maximum absolute atomic E-state index is 12.2. The zero-order chi connectivity index (χ0) is 98.8. The number of urea groups is 3. The molecular formula is C107H180N12O10. The van der Waals surface area contributed by atoms with Crippen molar-refractivity contribution in [1.82, 2.24) is 44.9 Å². The molecule has 129 heavy (non-hydrogen) atoms. The molecule has 6 aromatic carbocycles. The number of benzene rings is 6. The van der Waals surface area contributed by atoms with Gasteiger partial charge in [0.15, 0.2) is 0 Å². The topological polar surface area (TPSA) is 228 Å². The third-order valence-corrected chi connectivity index (χ3v) is 20.1. The molecule has 0 atom stereocenters. The van der Waals surface area contributed by atoms with Crippen LogP contribution in [0.15, 0.2) is 146 Å². The van der Waals surface area contributed by atoms with Crippen LogP contribution < -0.4 is 25.8 Å². The van der Waals surface area contributed by atoms with Crippen LogP contribution in [-0.4, -0.2) is 181 Å². The molecule has 9 aliphatic heterocycles. The Morgan fingerprint density at radius 1 is 0.318 bits per heavy atom. The molecular weight excluding hydrogens is 1610 g/mol. The third kappa shape index (κ3) is 40.3. The number of hydrogen-bond acceptors (Lipinski definition) is 10. The predicted octanol–water partition coefficient (Wildman–Crippen LogP) is 25.2. The molecule has 9 heterocycles. The largest absolute Gasteiger partial charge is 0.448 e. The molecule has 9 aliphatic rings. The van der Waals surface area contributed by atoms with E-state index < -0.39 is 0 Å². The first-order valence-corrected chi connectivity index (χ1v) is 48.2. The second-order valence-corrected chi connectivity index (χ2v) is 31.7. The summed E-state index contributed by atoms with van der Waals surface area (Å²) in [5.74, 6) is 1.13. The van der Waals surface area contributed by atoms with Gasteiger partial charge in [-0.15, -0.1) is 0 Å². The van der Waals surface area contributed by atoms with E-state index in [0.717, 1.165) is 104 Å². The minimum atomic E-state index is -0.176. The molecule has 0 radical (unpaired) electrons. The Kier molecular flexibility index (Phi) is 66.7. The summed E-state index contributed by atoms with van der Waals surface area (Å²) in [5.41, 5.74) is 13.1. The van der Waals surface area contributed by atoms with Gasteiger partial charge in [-0.3, -0.25) is 28.9 Å². The van der Waals surface area contributed by atoms with Gasteiger partial charge >= 0.3 is 24.2 Å². The van der Waals surface area contributed by atoms with Crippen molar-refractivity contribution in [3.63, 3.8) is 0 Å². The zero-order valence-corrected chi connectivity index (χ0v) is 86.7. The Balaban J connectivity index is -0.000000668. The molecule has 15 rings (SSSR count). The van der Waals surface area contributed by atoms with Crippen molar-refractivity contribution in [2.24, 2.45) is 0 Å². The quantitative estimate of drug-likeness (QED) is 0.131. The Morgan fingerprint density at radius 2 is 0.721 bits per heavy atom. The van der Waals surface area contributed by atoms with Gasteiger partial charge in [-0.05, 0) is 214 Å². The molecule has 3 fully saturated rings. The summed E-state index contributed by atoms with van der Waals surface area (Å²) in [7, 11) is 0. The number of carbonyl (C=O) groups is 9. The number of cyclic esters (lactones) is 1. The van der Waals surface area contributed by atoms with Crippen LogP contribution in [0.2, 0.25) is 0 Å². The number of anilines is 3. The van der Waals surface area contributed by atoms with E-state index in [1.165, 1.54) is 27.8 Å². The first-order chi connectivity index (χ1) is 61.1. The van der Waals surface area contributed by atoms with Crippen molar-refractivity contribution >= 4 is 70.8 Å². The van der Waals surface area contributed by atoms with Crippen LogP contribution in [0.5, 0.6) is 0 Å². The number of fused-ring (bicyclic) bond motifs is 6. The van der Waals surface area contributed by atoms with Crippen molar-refractivity contribution in [3.8, 4) is 0 Å². The normalized spacial score (nSPS) is 14.5. The average molecular weight is 1790 g/mol. The minimum absolute atomic E-state index is 0. The van der Waals surface area contributed by atoms with Gasteiger partial charge in [-0.25, -0.2) is 19.2 Å². The first-order valence-electron chi connectivity index (χ1n) is 48.2. The lowest BCUT2D eigenvalue weighted by atomic mass is 9.94. The Labute approximate surface area is 785 Å². The lowest BCUT2D eigenvalue weighted by molar-refractivity contribution is -0.133. The van der Waals surface area contributed by atoms with E-state index in [4.69, 9.17) is 4.74 Å². The molecule has 0 spiro atoms. The molecule has 12 amide bonds. The number of nitrogens with one attached hydrogen (secondary N) is 3. The molecule has 3 saturated heterocycles. The fourth-order valence-corrected chi connectivity index (χ4v) is 14.0. The van der Waals surface area contributed by atoms with Crippen LogP contribution in [0.3, 0.4) is 0 Å². The third-order valence-electron chi connectivity index (χ3n) is 20.1. The number of hydrogen-bond donors (Lipinski definition) is 3. The Hall–Kier alpha value is -10.3. The number of para-hydroxylation sites is 3. The van der Waals surface area contributed by atoms with E-state index in [0.29, 0.717) is 62.6 Å². The van der Waals surface area contributed by atoms with E-state index in [1.807, 2.05) is 382 Å². The van der Waals surface area contributed by atoms with Gasteiger partial charge in [-0.2, -0.15) is 0 Å². The molecule has 728 valence electrons. The van der Waals surface area contributed by atoms with Crippen LogP contribution in [-0.2, 0) is 64.6 Å². The molecule has 0 aromatic heterocycles. The van der Waals surface area contributed by atoms with Crippen molar-refractivity contribution in [2.45, 2.75) is 376 Å². The van der Waals surface area contributed by atoms with Crippen LogP contribution in [0.1, 0.15) is 336 Å². The molecule has 6 aromatic rings. The van der Waals surface area contributed by atoms with Crippen LogP contribution in [0.25, 0.3) is 0 Å². The van der Waals surface area contributed by atoms with Gasteiger partial charge in [0.2, 0.25) is 17.7 Å². The summed E-state index contributed by atoms with van der Waals surface area (Å²) in [5, 5.41) is 8.47. The predicted molar refractivity (Wildman–Crippen MR) is 547 cm³/mol. The van der Waals surface area contributed by atoms with E-state index in [9.17, 15) is 43.2 Å². The van der Waals surface area contributed by atoms with E-state index in [1.54, 1.807) is 9.80 Å². The van der Waals surface area contributed by atoms with Crippen LogP contribution >= 0.6 is 0 Å². The number of likely N-dealkylation sites (tertiary alicyclic amines) is 1. The number of amides is 12. The van der Waals surface area contributed by atoms with Gasteiger partial charge in [0.25, 0.3) is 11.8 Å². The smallest absolute Gasteiger partial charge is 0.410 e. The van der Waals surface area contributed by atoms with Gasteiger partial charge in [0.1, 0.15) is 6.61 Å². The summed E-state index contributed by atoms with van der Waals surface area (Å²) in [6, 6.07) is 50.2. The SMILES string of the molecule is C.CC.CC.CC.CC.CC.CC.CC.CC.CC.CC(C)(C)N1CCc2ccccc2C1=O.CC(C)N1C(=O)Cc2ccccc21.CC(C)N1C(=O)NCc2ccccc21.CC(C)N1CCCC1=O.CC(C)N1CCNC1=O.CC(C)N1CCOC1=O.CC(C)N1Cc2ccccc2C1=O.CC(C)N1Cc2ccccc2CC1=O.CC(C)N1Cc2ccccc2NC1=O. The fourth-order valence-electron chi connectivity index (χ4n) is 14.0. The van der Waals surface area contributed by atoms with Gasteiger partial charge in [-0.1, -0.05) is 247 Å². The maximum Gasteiger partial charge on any atom is 0.410 e. The van der Waals surface area contributed by atoms with Crippen molar-refractivity contribution < 1.29 is 47.9 Å². The van der Waals surface area contributed by atoms with Gasteiger partial charge in [0, 0.05) is 135 Å². The Morgan fingerprint density at radius 3 is 1.13 bits per heavy atom. The second kappa shape index (κ2) is 68.8. The average Bonchev–Trinajstić information content (AvgIpc) is 1.74. The van der Waals surface area contributed by atoms with Gasteiger partial charge < -0.3 is 59.9 Å². The van der Waals surface area contributed by atoms with Crippen molar-refractivity contribution in [2.75, 3.05) is 54.4 Å². The number of nitrogens with zero attached hydrogens (tertiary/aromatic N) is 9. The molecule has 22 nitrogen and oxygen atoms in total. The summed E-state index contributed by atoms with van der Waals surface area (Å²) in [6.45, 7) is 82.4. The minimum Gasteiger partial charge on any atom is -0.448 e. The molecule has 0 unspecified atom stereocenters. The standard InChI is InChI=1S/C13H17NO.C12H15NO.2C11H14N2O.2C11H13NO.C7H13NO.C6H12N2O.C6H11NO2.9C2H6.CH4/c1-13(2,3)14-9-8-10-6-4-5-7-11(10)12(14)15;1-9(2)13-8-11-6-4-3-5-10(11)7-12(13)14;1-8(2)13-7-9-5-3-4-6-10(9)12-11(13)14;1-8(2)13-10-6-4-3-5-9(10)7-12-11(13)14;1-8(2)12-7-9-5-3-4-6-10(9)11(12)13;1-8(2)12-10-6-4-3-5-9(10)7-11(12)13;1-6(2)8-5-3-4-7(8)9;1-5(2)8-4-3-7-6(8)9;1-5(2)7-3-4-9-6(7)8;9*1-2;/h4-7H,8-9H2,1-3H3;3-6,9H,7-8H2,1-2H3;2*3-6,8H,7H2,1-2H3,(H,12,14);2*3-6,8H,7H2,1-2H3;6H,3-5H2,1-2H3;5H,3-4H2,1-2H3,(H,7,9);5H,3-4H2,1-2H3;9*1-2H3;1H4. The second-order valence-electron chi connectivity index (χ2n) is 31.7. The molecule has 0 bridgehead atoms. The maximum atomic E-state index is 12.2. The highest BCUT2D eigenvalue weighted by Crippen LogP contribution is 2.32. The number of carbonyl (C=O) groups excluding carboxylic acids is 9. The van der Waals surface area contributed by atoms with Crippen LogP contribution in [0.4, 0.5) is 36.2 Å². The Bertz CT molecular complexity index is 3980. The van der Waals surface area contributed by atoms with E-state index >= 15 is 0 Å². The molecule has 0 saturated carbocycles. The molecule has 0 aliphatic carbocycles. The van der Waals surface area contributed by atoms with Crippen molar-refractivity contribution in [3.05, 3.63) is 196 Å². The first kappa shape index (κ1) is 125. The summed E-state index contributed by atoms with van der Waals surface area (Å²) in [4.78, 5) is 120. The highest BCUT2D eigenvalue weighted by atomic mass is 16.6. The molecule has 3 N–H and O–H groups in total. The van der Waals surface area contributed by atoms with Gasteiger partial charge in [0.05, 0.1) is 25.1 Å². The summed E-state index contributed by atoms with van der Waals surface area (Å²) < 4.78 is 4.71. The van der Waals surface area contributed by atoms with Crippen LogP contribution in [0, 0.1) is 0 Å². The summed E-state index contributed by atoms with van der Waals surface area (Å²) >= 11 is 0. The highest BCUT2D eigenvalue weighted by molar-refractivity contribution is 6.02. The lowest BCUT2D eigenvalue weighted by Gasteiger charge is -2.39. The fraction of sp³-hybridized carbons (Fsp3) is 0.579.